The summed E-state index contributed by atoms with van der Waals surface area (Å²) >= 11 is 0. The number of halogens is 5. The van der Waals surface area contributed by atoms with Gasteiger partial charge < -0.3 is 10.1 Å². The van der Waals surface area contributed by atoms with Gasteiger partial charge in [-0.05, 0) is 30.3 Å². The van der Waals surface area contributed by atoms with Crippen LogP contribution < -0.4 is 10.1 Å². The fourth-order valence-electron chi connectivity index (χ4n) is 4.09. The second-order valence-electron chi connectivity index (χ2n) is 7.40. The smallest absolute Gasteiger partial charge is 0.417 e. The highest BCUT2D eigenvalue weighted by Gasteiger charge is 2.36. The molecule has 2 heterocycles. The van der Waals surface area contributed by atoms with Crippen LogP contribution in [0.15, 0.2) is 78.9 Å². The molecule has 0 unspecified atom stereocenters. The predicted octanol–water partition coefficient (Wildman–Crippen LogP) is 6.71. The number of nitrogens with zero attached hydrogens (tertiary/aromatic N) is 2. The second kappa shape index (κ2) is 7.91. The van der Waals surface area contributed by atoms with Crippen LogP contribution in [0, 0.1) is 0 Å². The third-order valence-corrected chi connectivity index (χ3v) is 5.42. The molecule has 5 rings (SSSR count). The van der Waals surface area contributed by atoms with E-state index >= 15 is 0 Å². The van der Waals surface area contributed by atoms with Crippen LogP contribution in [0.4, 0.5) is 27.9 Å². The molecule has 4 aromatic rings. The number of imidazole rings is 1. The van der Waals surface area contributed by atoms with Gasteiger partial charge in [-0.25, -0.2) is 4.98 Å². The third-order valence-electron chi connectivity index (χ3n) is 5.42. The highest BCUT2D eigenvalue weighted by atomic mass is 19.4. The Balaban J connectivity index is 1.75. The molecule has 0 amide bonds. The van der Waals surface area contributed by atoms with Crippen molar-refractivity contribution >= 4 is 22.7 Å². The summed E-state index contributed by atoms with van der Waals surface area (Å²) in [5.41, 5.74) is 0.949. The van der Waals surface area contributed by atoms with Crippen LogP contribution in [-0.4, -0.2) is 16.2 Å². The maximum Gasteiger partial charge on any atom is 0.417 e. The normalized spacial score (nSPS) is 15.8. The third kappa shape index (κ3) is 3.79. The summed E-state index contributed by atoms with van der Waals surface area (Å²) in [6, 6.07) is 17.8. The van der Waals surface area contributed by atoms with E-state index in [1.54, 1.807) is 53.1 Å². The first-order valence-electron chi connectivity index (χ1n) is 9.99. The number of anilines is 1. The van der Waals surface area contributed by atoms with Gasteiger partial charge in [0.2, 0.25) is 5.95 Å². The SMILES string of the molecule is FC(F)Oc1ccccc1[C@@H]1C=C(c2ccccc2C(F)(F)F)Nc2nc3ccccc3n21. The van der Waals surface area contributed by atoms with Crippen LogP contribution in [-0.2, 0) is 6.18 Å². The first-order chi connectivity index (χ1) is 15.8. The van der Waals surface area contributed by atoms with Gasteiger partial charge in [0.25, 0.3) is 0 Å². The van der Waals surface area contributed by atoms with Gasteiger partial charge in [0.05, 0.1) is 22.6 Å². The number of ether oxygens (including phenoxy) is 1. The standard InChI is InChI=1S/C24H16F5N3O/c25-22(26)33-21-12-6-2-8-15(21)20-13-18(14-7-1-3-9-16(14)24(27,28)29)31-23-30-17-10-4-5-11-19(17)32(20)23/h1-13,20,22H,(H,30,31)/t20-/m0/s1. The molecule has 0 radical (unpaired) electrons. The topological polar surface area (TPSA) is 39.1 Å². The number of benzene rings is 3. The molecule has 0 spiro atoms. The predicted molar refractivity (Wildman–Crippen MR) is 114 cm³/mol. The Kier molecular flexibility index (Phi) is 5.03. The van der Waals surface area contributed by atoms with E-state index in [1.165, 1.54) is 24.3 Å². The number of hydrogen-bond acceptors (Lipinski definition) is 3. The highest BCUT2D eigenvalue weighted by molar-refractivity contribution is 5.86. The lowest BCUT2D eigenvalue weighted by Gasteiger charge is -2.28. The van der Waals surface area contributed by atoms with E-state index in [1.807, 2.05) is 0 Å². The van der Waals surface area contributed by atoms with Gasteiger partial charge in [-0.15, -0.1) is 0 Å². The van der Waals surface area contributed by atoms with Crippen molar-refractivity contribution in [1.29, 1.82) is 0 Å². The monoisotopic (exact) mass is 457 g/mol. The largest absolute Gasteiger partial charge is 0.434 e. The van der Waals surface area contributed by atoms with Crippen LogP contribution in [0.5, 0.6) is 5.75 Å². The molecule has 0 saturated carbocycles. The van der Waals surface area contributed by atoms with Gasteiger partial charge in [-0.1, -0.05) is 48.5 Å². The van der Waals surface area contributed by atoms with Crippen LogP contribution in [0.1, 0.15) is 22.7 Å². The zero-order valence-electron chi connectivity index (χ0n) is 16.9. The molecule has 0 aliphatic carbocycles. The summed E-state index contributed by atoms with van der Waals surface area (Å²) in [6.45, 7) is -3.05. The summed E-state index contributed by atoms with van der Waals surface area (Å²) in [5.74, 6) is 0.227. The number of nitrogens with one attached hydrogen (secondary N) is 1. The molecule has 1 aromatic heterocycles. The Labute approximate surface area is 184 Å². The lowest BCUT2D eigenvalue weighted by Crippen LogP contribution is -2.21. The van der Waals surface area contributed by atoms with Gasteiger partial charge in [0, 0.05) is 16.8 Å². The first kappa shape index (κ1) is 21.0. The highest BCUT2D eigenvalue weighted by Crippen LogP contribution is 2.42. The average molecular weight is 457 g/mol. The number of hydrogen-bond donors (Lipinski definition) is 1. The molecule has 1 aliphatic rings. The summed E-state index contributed by atoms with van der Waals surface area (Å²) < 4.78 is 73.8. The number of alkyl halides is 5. The van der Waals surface area contributed by atoms with Crippen molar-refractivity contribution in [2.75, 3.05) is 5.32 Å². The summed E-state index contributed by atoms with van der Waals surface area (Å²) in [4.78, 5) is 4.53. The Morgan fingerprint density at radius 1 is 0.909 bits per heavy atom. The molecule has 0 saturated heterocycles. The van der Waals surface area contributed by atoms with Crippen molar-refractivity contribution in [2.24, 2.45) is 0 Å². The number of aromatic nitrogens is 2. The fourth-order valence-corrected chi connectivity index (χ4v) is 4.09. The van der Waals surface area contributed by atoms with E-state index in [9.17, 15) is 22.0 Å². The minimum atomic E-state index is -4.58. The van der Waals surface area contributed by atoms with E-state index in [4.69, 9.17) is 4.74 Å². The quantitative estimate of drug-likeness (QED) is 0.346. The van der Waals surface area contributed by atoms with Gasteiger partial charge in [-0.2, -0.15) is 22.0 Å². The summed E-state index contributed by atoms with van der Waals surface area (Å²) in [5, 5.41) is 3.00. The molecular formula is C24H16F5N3O. The van der Waals surface area contributed by atoms with Crippen LogP contribution >= 0.6 is 0 Å². The van der Waals surface area contributed by atoms with Crippen LogP contribution in [0.2, 0.25) is 0 Å². The van der Waals surface area contributed by atoms with Gasteiger partial charge in [0.1, 0.15) is 5.75 Å². The lowest BCUT2D eigenvalue weighted by molar-refractivity contribution is -0.137. The first-order valence-corrected chi connectivity index (χ1v) is 9.99. The van der Waals surface area contributed by atoms with Crippen LogP contribution in [0.25, 0.3) is 16.7 Å². The van der Waals surface area contributed by atoms with E-state index in [2.05, 4.69) is 10.3 Å². The van der Waals surface area contributed by atoms with Crippen molar-refractivity contribution in [3.8, 4) is 5.75 Å². The number of allylic oxidation sites excluding steroid dienone is 1. The van der Waals surface area contributed by atoms with E-state index in [-0.39, 0.29) is 17.0 Å². The molecule has 168 valence electrons. The molecule has 1 N–H and O–H groups in total. The molecular weight excluding hydrogens is 441 g/mol. The van der Waals surface area contributed by atoms with E-state index < -0.39 is 24.4 Å². The minimum Gasteiger partial charge on any atom is -0.434 e. The van der Waals surface area contributed by atoms with Crippen molar-refractivity contribution in [1.82, 2.24) is 9.55 Å². The van der Waals surface area contributed by atoms with E-state index in [0.29, 0.717) is 22.5 Å². The van der Waals surface area contributed by atoms with Crippen LogP contribution in [0.3, 0.4) is 0 Å². The fraction of sp³-hybridized carbons (Fsp3) is 0.125. The van der Waals surface area contributed by atoms with Gasteiger partial charge >= 0.3 is 12.8 Å². The number of para-hydroxylation sites is 3. The molecule has 1 atom stereocenters. The van der Waals surface area contributed by atoms with Crippen molar-refractivity contribution in [2.45, 2.75) is 18.8 Å². The summed E-state index contributed by atoms with van der Waals surface area (Å²) in [7, 11) is 0. The Bertz CT molecular complexity index is 1360. The van der Waals surface area contributed by atoms with Gasteiger partial charge in [-0.3, -0.25) is 4.57 Å². The van der Waals surface area contributed by atoms with E-state index in [0.717, 1.165) is 6.07 Å². The number of rotatable bonds is 4. The zero-order valence-corrected chi connectivity index (χ0v) is 16.9. The Morgan fingerprint density at radius 3 is 2.39 bits per heavy atom. The Hall–Kier alpha value is -3.88. The molecule has 0 bridgehead atoms. The summed E-state index contributed by atoms with van der Waals surface area (Å²) in [6.07, 6.45) is -3.01. The lowest BCUT2D eigenvalue weighted by atomic mass is 9.97. The molecule has 0 fully saturated rings. The molecule has 1 aliphatic heterocycles. The van der Waals surface area contributed by atoms with Gasteiger partial charge in [0.15, 0.2) is 0 Å². The maximum absolute atomic E-state index is 13.7. The molecule has 33 heavy (non-hydrogen) atoms. The Morgan fingerprint density at radius 2 is 1.61 bits per heavy atom. The van der Waals surface area contributed by atoms with Crippen molar-refractivity contribution in [3.05, 3.63) is 95.6 Å². The second-order valence-corrected chi connectivity index (χ2v) is 7.40. The maximum atomic E-state index is 13.7. The molecule has 4 nitrogen and oxygen atoms in total. The van der Waals surface area contributed by atoms with Crippen molar-refractivity contribution in [3.63, 3.8) is 0 Å². The number of fused-ring (bicyclic) bond motifs is 3. The zero-order chi connectivity index (χ0) is 23.2. The molecule has 9 heteroatoms. The minimum absolute atomic E-state index is 0.0668. The molecule has 3 aromatic carbocycles. The average Bonchev–Trinajstić information content (AvgIpc) is 3.16. The van der Waals surface area contributed by atoms with Crippen molar-refractivity contribution < 1.29 is 26.7 Å².